The number of benzene rings is 1. The lowest BCUT2D eigenvalue weighted by atomic mass is 9.89. The number of aromatic nitrogens is 1. The van der Waals surface area contributed by atoms with Gasteiger partial charge in [-0.25, -0.2) is 0 Å². The van der Waals surface area contributed by atoms with Crippen molar-refractivity contribution in [2.24, 2.45) is 5.92 Å². The number of rotatable bonds is 5. The van der Waals surface area contributed by atoms with E-state index in [0.717, 1.165) is 17.0 Å². The standard InChI is InChI=1S/C20H19F3N2O2S/c21-20(22,23)16-5-1-3-14(11-16)19(27)15-4-2-10-25(12-15)18(26)13-28-17-6-8-24-9-7-17/h1,3,5-9,11,15H,2,4,10,12-13H2/t15-/m1/s1. The molecule has 1 saturated heterocycles. The van der Waals surface area contributed by atoms with Crippen molar-refractivity contribution in [2.75, 3.05) is 18.8 Å². The zero-order valence-corrected chi connectivity index (χ0v) is 15.8. The van der Waals surface area contributed by atoms with E-state index in [2.05, 4.69) is 4.98 Å². The minimum atomic E-state index is -4.49. The molecule has 0 unspecified atom stereocenters. The van der Waals surface area contributed by atoms with Gasteiger partial charge in [-0.3, -0.25) is 14.6 Å². The van der Waals surface area contributed by atoms with Gasteiger partial charge in [-0.2, -0.15) is 13.2 Å². The number of alkyl halides is 3. The molecule has 2 heterocycles. The van der Waals surface area contributed by atoms with Crippen LogP contribution < -0.4 is 0 Å². The summed E-state index contributed by atoms with van der Waals surface area (Å²) >= 11 is 1.39. The molecule has 4 nitrogen and oxygen atoms in total. The Hall–Kier alpha value is -2.35. The van der Waals surface area contributed by atoms with Crippen molar-refractivity contribution in [3.63, 3.8) is 0 Å². The lowest BCUT2D eigenvalue weighted by molar-refractivity contribution is -0.137. The number of hydrogen-bond donors (Lipinski definition) is 0. The molecule has 0 bridgehead atoms. The SMILES string of the molecule is O=C(c1cccc(C(F)(F)F)c1)[C@@H]1CCCN(C(=O)CSc2ccncc2)C1. The Balaban J connectivity index is 1.62. The molecule has 0 aliphatic carbocycles. The Bertz CT molecular complexity index is 843. The number of pyridine rings is 1. The molecular weight excluding hydrogens is 389 g/mol. The van der Waals surface area contributed by atoms with E-state index >= 15 is 0 Å². The summed E-state index contributed by atoms with van der Waals surface area (Å²) in [7, 11) is 0. The van der Waals surface area contributed by atoms with Crippen molar-refractivity contribution in [3.8, 4) is 0 Å². The van der Waals surface area contributed by atoms with Gasteiger partial charge in [0.2, 0.25) is 5.91 Å². The number of ketones is 1. The summed E-state index contributed by atoms with van der Waals surface area (Å²) in [6.07, 6.45) is 0.0291. The number of carbonyl (C=O) groups excluding carboxylic acids is 2. The van der Waals surface area contributed by atoms with E-state index < -0.39 is 17.7 Å². The molecule has 0 radical (unpaired) electrons. The van der Waals surface area contributed by atoms with Crippen LogP contribution >= 0.6 is 11.8 Å². The van der Waals surface area contributed by atoms with Gasteiger partial charge < -0.3 is 4.90 Å². The van der Waals surface area contributed by atoms with Crippen molar-refractivity contribution in [3.05, 3.63) is 59.9 Å². The second kappa shape index (κ2) is 8.77. The first-order chi connectivity index (χ1) is 13.3. The van der Waals surface area contributed by atoms with E-state index in [1.165, 1.54) is 23.9 Å². The van der Waals surface area contributed by atoms with Crippen LogP contribution in [-0.4, -0.2) is 40.4 Å². The molecule has 148 valence electrons. The number of Topliss-reactive ketones (excluding diaryl/α,β-unsaturated/α-hetero) is 1. The third-order valence-corrected chi connectivity index (χ3v) is 5.63. The second-order valence-corrected chi connectivity index (χ2v) is 7.64. The summed E-state index contributed by atoms with van der Waals surface area (Å²) < 4.78 is 38.7. The Morgan fingerprint density at radius 3 is 2.64 bits per heavy atom. The van der Waals surface area contributed by atoms with Crippen LogP contribution in [0.5, 0.6) is 0 Å². The van der Waals surface area contributed by atoms with Crippen molar-refractivity contribution >= 4 is 23.5 Å². The summed E-state index contributed by atoms with van der Waals surface area (Å²) in [5.41, 5.74) is -0.795. The van der Waals surface area contributed by atoms with Gasteiger partial charge >= 0.3 is 6.18 Å². The molecule has 8 heteroatoms. The molecule has 1 atom stereocenters. The maximum Gasteiger partial charge on any atom is 0.416 e. The van der Waals surface area contributed by atoms with E-state index in [1.54, 1.807) is 17.3 Å². The molecule has 1 fully saturated rings. The Morgan fingerprint density at radius 1 is 1.18 bits per heavy atom. The number of hydrogen-bond acceptors (Lipinski definition) is 4. The third kappa shape index (κ3) is 5.13. The Labute approximate surface area is 165 Å². The van der Waals surface area contributed by atoms with Gasteiger partial charge in [0.25, 0.3) is 0 Å². The zero-order valence-electron chi connectivity index (χ0n) is 15.0. The molecule has 0 saturated carbocycles. The molecule has 1 aromatic carbocycles. The molecular formula is C20H19F3N2O2S. The minimum Gasteiger partial charge on any atom is -0.341 e. The predicted molar refractivity (Wildman–Crippen MR) is 100 cm³/mol. The highest BCUT2D eigenvalue weighted by Gasteiger charge is 2.33. The predicted octanol–water partition coefficient (Wildman–Crippen LogP) is 4.31. The molecule has 0 N–H and O–H groups in total. The first kappa shape index (κ1) is 20.4. The summed E-state index contributed by atoms with van der Waals surface area (Å²) in [4.78, 5) is 31.7. The summed E-state index contributed by atoms with van der Waals surface area (Å²) in [5, 5.41) is 0. The fourth-order valence-corrected chi connectivity index (χ4v) is 3.96. The zero-order chi connectivity index (χ0) is 20.1. The smallest absolute Gasteiger partial charge is 0.341 e. The van der Waals surface area contributed by atoms with E-state index in [-0.39, 0.29) is 29.6 Å². The number of thioether (sulfide) groups is 1. The summed E-state index contributed by atoms with van der Waals surface area (Å²) in [6.45, 7) is 0.799. The van der Waals surface area contributed by atoms with Crippen LogP contribution in [-0.2, 0) is 11.0 Å². The topological polar surface area (TPSA) is 50.3 Å². The first-order valence-corrected chi connectivity index (χ1v) is 9.85. The highest BCUT2D eigenvalue weighted by molar-refractivity contribution is 8.00. The van der Waals surface area contributed by atoms with Gasteiger partial charge in [-0.05, 0) is 37.1 Å². The molecule has 0 spiro atoms. The van der Waals surface area contributed by atoms with E-state index in [9.17, 15) is 22.8 Å². The van der Waals surface area contributed by atoms with Crippen molar-refractivity contribution in [2.45, 2.75) is 23.9 Å². The van der Waals surface area contributed by atoms with Crippen LogP contribution in [0.1, 0.15) is 28.8 Å². The molecule has 1 aromatic heterocycles. The quantitative estimate of drug-likeness (QED) is 0.546. The highest BCUT2D eigenvalue weighted by Crippen LogP contribution is 2.31. The summed E-state index contributed by atoms with van der Waals surface area (Å²) in [5.74, 6) is -0.657. The first-order valence-electron chi connectivity index (χ1n) is 8.86. The van der Waals surface area contributed by atoms with Gasteiger partial charge in [0.05, 0.1) is 11.3 Å². The van der Waals surface area contributed by atoms with E-state index in [4.69, 9.17) is 0 Å². The number of piperidine rings is 1. The number of amides is 1. The molecule has 1 amide bonds. The van der Waals surface area contributed by atoms with Crippen LogP contribution in [0, 0.1) is 5.92 Å². The van der Waals surface area contributed by atoms with Crippen molar-refractivity contribution in [1.82, 2.24) is 9.88 Å². The lowest BCUT2D eigenvalue weighted by Gasteiger charge is -2.32. The molecule has 1 aliphatic rings. The van der Waals surface area contributed by atoms with Gasteiger partial charge in [0.1, 0.15) is 0 Å². The van der Waals surface area contributed by atoms with Gasteiger partial charge in [-0.15, -0.1) is 11.8 Å². The fraction of sp³-hybridized carbons (Fsp3) is 0.350. The van der Waals surface area contributed by atoms with Crippen LogP contribution in [0.3, 0.4) is 0 Å². The van der Waals surface area contributed by atoms with Gasteiger partial charge in [0.15, 0.2) is 5.78 Å². The van der Waals surface area contributed by atoms with Crippen LogP contribution in [0.4, 0.5) is 13.2 Å². The van der Waals surface area contributed by atoms with Crippen molar-refractivity contribution < 1.29 is 22.8 Å². The Kier molecular flexibility index (Phi) is 6.39. The molecule has 28 heavy (non-hydrogen) atoms. The monoisotopic (exact) mass is 408 g/mol. The van der Waals surface area contributed by atoms with Crippen LogP contribution in [0.25, 0.3) is 0 Å². The van der Waals surface area contributed by atoms with E-state index in [1.807, 2.05) is 12.1 Å². The molecule has 1 aliphatic heterocycles. The highest BCUT2D eigenvalue weighted by atomic mass is 32.2. The summed E-state index contributed by atoms with van der Waals surface area (Å²) in [6, 6.07) is 8.11. The average Bonchev–Trinajstić information content (AvgIpc) is 2.72. The minimum absolute atomic E-state index is 0.0419. The maximum atomic E-state index is 12.9. The molecule has 3 rings (SSSR count). The third-order valence-electron chi connectivity index (χ3n) is 4.63. The largest absolute Gasteiger partial charge is 0.416 e. The van der Waals surface area contributed by atoms with Gasteiger partial charge in [0, 0.05) is 41.9 Å². The number of likely N-dealkylation sites (tertiary alicyclic amines) is 1. The second-order valence-electron chi connectivity index (χ2n) is 6.59. The average molecular weight is 408 g/mol. The maximum absolute atomic E-state index is 12.9. The van der Waals surface area contributed by atoms with Crippen molar-refractivity contribution in [1.29, 1.82) is 0 Å². The fourth-order valence-electron chi connectivity index (χ4n) is 3.17. The molecule has 2 aromatic rings. The lowest BCUT2D eigenvalue weighted by Crippen LogP contribution is -2.43. The number of nitrogens with zero attached hydrogens (tertiary/aromatic N) is 2. The van der Waals surface area contributed by atoms with E-state index in [0.29, 0.717) is 19.4 Å². The van der Waals surface area contributed by atoms with Crippen LogP contribution in [0.15, 0.2) is 53.7 Å². The number of carbonyl (C=O) groups is 2. The van der Waals surface area contributed by atoms with Crippen LogP contribution in [0.2, 0.25) is 0 Å². The Morgan fingerprint density at radius 2 is 1.93 bits per heavy atom. The van der Waals surface area contributed by atoms with Gasteiger partial charge in [-0.1, -0.05) is 12.1 Å². The normalized spacial score (nSPS) is 17.4. The number of halogens is 3.